The van der Waals surface area contributed by atoms with Gasteiger partial charge < -0.3 is 5.11 Å². The van der Waals surface area contributed by atoms with Crippen molar-refractivity contribution in [2.45, 2.75) is 0 Å². The first-order valence-corrected chi connectivity index (χ1v) is 3.31. The Labute approximate surface area is 63.7 Å². The summed E-state index contributed by atoms with van der Waals surface area (Å²) in [6.07, 6.45) is 5.15. The molecular weight excluding hydrogens is 144 g/mol. The number of nitrogens with one attached hydrogen (secondary N) is 1. The number of aliphatic hydroxyl groups excluding tert-OH is 1. The Balaban J connectivity index is 2.32. The number of hydrogen-bond acceptors (Lipinski definition) is 4. The Morgan fingerprint density at radius 2 is 2.55 bits per heavy atom. The number of rotatable bonds is 0. The van der Waals surface area contributed by atoms with Gasteiger partial charge in [0, 0.05) is 0 Å². The van der Waals surface area contributed by atoms with E-state index < -0.39 is 0 Å². The van der Waals surface area contributed by atoms with Crippen LogP contribution >= 0.6 is 0 Å². The van der Waals surface area contributed by atoms with Gasteiger partial charge in [0.1, 0.15) is 12.7 Å². The summed E-state index contributed by atoms with van der Waals surface area (Å²) < 4.78 is 0. The smallest absolute Gasteiger partial charge is 0.258 e. The molecule has 0 aliphatic carbocycles. The van der Waals surface area contributed by atoms with E-state index in [1.165, 1.54) is 5.01 Å². The van der Waals surface area contributed by atoms with Crippen LogP contribution in [0, 0.1) is 0 Å². The first-order chi connectivity index (χ1) is 5.27. The Morgan fingerprint density at radius 3 is 3.36 bits per heavy atom. The van der Waals surface area contributed by atoms with Gasteiger partial charge in [0.2, 0.25) is 5.84 Å². The molecule has 2 heterocycles. The Morgan fingerprint density at radius 1 is 1.73 bits per heavy atom. The fraction of sp³-hybridized carbons (Fsp3) is 0.167. The van der Waals surface area contributed by atoms with E-state index in [1.807, 2.05) is 6.20 Å². The van der Waals surface area contributed by atoms with Gasteiger partial charge in [0.05, 0.1) is 6.20 Å². The Bertz CT molecular complexity index is 268. The van der Waals surface area contributed by atoms with Crippen molar-refractivity contribution >= 4 is 5.84 Å². The molecule has 0 fully saturated rings. The zero-order valence-corrected chi connectivity index (χ0v) is 5.86. The molecule has 1 atom stereocenters. The normalized spacial score (nSPS) is 28.1. The highest BCUT2D eigenvalue weighted by molar-refractivity contribution is 5.79. The lowest BCUT2D eigenvalue weighted by Gasteiger charge is -2.22. The van der Waals surface area contributed by atoms with Crippen LogP contribution in [0.2, 0.25) is 0 Å². The van der Waals surface area contributed by atoms with E-state index in [1.54, 1.807) is 12.4 Å². The summed E-state index contributed by atoms with van der Waals surface area (Å²) in [4.78, 5) is 5.01. The third-order valence-electron chi connectivity index (χ3n) is 1.72. The summed E-state index contributed by atoms with van der Waals surface area (Å²) in [5, 5.41) is 10.4. The average Bonchev–Trinajstić information content (AvgIpc) is 2.36. The van der Waals surface area contributed by atoms with Crippen molar-refractivity contribution in [3.8, 4) is 0 Å². The molecular formula is C6H9N4O+. The molecule has 5 nitrogen and oxygen atoms in total. The second-order valence-electron chi connectivity index (χ2n) is 2.48. The summed E-state index contributed by atoms with van der Waals surface area (Å²) in [5.74, 6) is 6.42. The number of quaternary nitrogens is 1. The van der Waals surface area contributed by atoms with Gasteiger partial charge in [-0.05, 0) is 0 Å². The fourth-order valence-electron chi connectivity index (χ4n) is 1.11. The third kappa shape index (κ3) is 0.903. The first kappa shape index (κ1) is 6.38. The van der Waals surface area contributed by atoms with Gasteiger partial charge in [0.15, 0.2) is 6.20 Å². The zero-order chi connectivity index (χ0) is 7.84. The minimum absolute atomic E-state index is 0.0884. The molecule has 0 radical (unpaired) electrons. The predicted octanol–water partition coefficient (Wildman–Crippen LogP) is -1.70. The average molecular weight is 153 g/mol. The summed E-state index contributed by atoms with van der Waals surface area (Å²) in [6, 6.07) is 0. The van der Waals surface area contributed by atoms with Crippen molar-refractivity contribution in [1.82, 2.24) is 5.01 Å². The summed E-state index contributed by atoms with van der Waals surface area (Å²) >= 11 is 0. The van der Waals surface area contributed by atoms with Gasteiger partial charge in [-0.1, -0.05) is 0 Å². The van der Waals surface area contributed by atoms with Crippen molar-refractivity contribution in [1.29, 1.82) is 0 Å². The quantitative estimate of drug-likeness (QED) is 0.363. The molecule has 0 aromatic rings. The van der Waals surface area contributed by atoms with E-state index in [2.05, 4.69) is 4.99 Å². The molecule has 0 bridgehead atoms. The highest BCUT2D eigenvalue weighted by Gasteiger charge is 2.26. The first-order valence-electron chi connectivity index (χ1n) is 3.31. The van der Waals surface area contributed by atoms with Crippen LogP contribution < -0.4 is 10.7 Å². The number of hydrazine groups is 1. The highest BCUT2D eigenvalue weighted by Crippen LogP contribution is 1.97. The van der Waals surface area contributed by atoms with Crippen LogP contribution in [-0.4, -0.2) is 22.5 Å². The van der Waals surface area contributed by atoms with Gasteiger partial charge in [-0.2, -0.15) is 0 Å². The van der Waals surface area contributed by atoms with Gasteiger partial charge in [-0.25, -0.2) is 15.7 Å². The van der Waals surface area contributed by atoms with Crippen LogP contribution in [0.15, 0.2) is 29.5 Å². The van der Waals surface area contributed by atoms with E-state index in [9.17, 15) is 5.11 Å². The number of nitrogens with two attached hydrogens (primary N) is 1. The standard InChI is InChI=1S/C6H8N4O/c7-10-3-5-8-1-2-9(5)4-6(10)11/h1-2,4,11H,3,7H2/p+1. The highest BCUT2D eigenvalue weighted by atomic mass is 16.3. The molecule has 2 rings (SSSR count). The van der Waals surface area contributed by atoms with Crippen molar-refractivity contribution in [2.75, 3.05) is 6.54 Å². The van der Waals surface area contributed by atoms with Gasteiger partial charge in [0.25, 0.3) is 5.88 Å². The molecule has 0 saturated carbocycles. The molecule has 58 valence electrons. The minimum Gasteiger partial charge on any atom is -0.490 e. The number of aliphatic hydroxyl groups is 1. The summed E-state index contributed by atoms with van der Waals surface area (Å²) in [6.45, 7) is 0.477. The van der Waals surface area contributed by atoms with Gasteiger partial charge >= 0.3 is 0 Å². The number of nitrogens with zero attached hydrogens (tertiary/aromatic N) is 2. The molecule has 2 aliphatic heterocycles. The molecule has 0 aromatic heterocycles. The Kier molecular flexibility index (Phi) is 1.21. The predicted molar refractivity (Wildman–Crippen MR) is 39.1 cm³/mol. The maximum Gasteiger partial charge on any atom is 0.258 e. The zero-order valence-electron chi connectivity index (χ0n) is 5.86. The van der Waals surface area contributed by atoms with Gasteiger partial charge in [-0.15, -0.1) is 0 Å². The number of hydrogen-bond donors (Lipinski definition) is 3. The number of aliphatic imine (C=N–C) groups is 1. The van der Waals surface area contributed by atoms with Crippen molar-refractivity contribution in [3.63, 3.8) is 0 Å². The SMILES string of the molecule is NN1CC2=NC=C[NH+]2C=C1O. The van der Waals surface area contributed by atoms with E-state index >= 15 is 0 Å². The number of fused-ring (bicyclic) bond motifs is 1. The van der Waals surface area contributed by atoms with E-state index in [4.69, 9.17) is 5.84 Å². The topological polar surface area (TPSA) is 66.3 Å². The summed E-state index contributed by atoms with van der Waals surface area (Å²) in [7, 11) is 0. The lowest BCUT2D eigenvalue weighted by Crippen LogP contribution is -3.07. The second kappa shape index (κ2) is 2.08. The Hall–Kier alpha value is -1.33. The van der Waals surface area contributed by atoms with Crippen LogP contribution in [0.1, 0.15) is 0 Å². The van der Waals surface area contributed by atoms with Crippen LogP contribution in [0.5, 0.6) is 0 Å². The summed E-state index contributed by atoms with van der Waals surface area (Å²) in [5.41, 5.74) is 0. The number of amidine groups is 1. The van der Waals surface area contributed by atoms with Crippen LogP contribution in [0.4, 0.5) is 0 Å². The van der Waals surface area contributed by atoms with Crippen molar-refractivity contribution in [2.24, 2.45) is 10.8 Å². The molecule has 0 spiro atoms. The maximum atomic E-state index is 9.18. The van der Waals surface area contributed by atoms with Crippen molar-refractivity contribution in [3.05, 3.63) is 24.5 Å². The van der Waals surface area contributed by atoms with Crippen molar-refractivity contribution < 1.29 is 10.0 Å². The van der Waals surface area contributed by atoms with E-state index in [0.29, 0.717) is 6.54 Å². The molecule has 2 aliphatic rings. The van der Waals surface area contributed by atoms with Crippen LogP contribution in [-0.2, 0) is 0 Å². The van der Waals surface area contributed by atoms with Crippen LogP contribution in [0.3, 0.4) is 0 Å². The molecule has 11 heavy (non-hydrogen) atoms. The minimum atomic E-state index is 0.0884. The van der Waals surface area contributed by atoms with Gasteiger partial charge in [-0.3, -0.25) is 5.01 Å². The molecule has 4 N–H and O–H groups in total. The molecule has 0 aromatic carbocycles. The molecule has 0 saturated heterocycles. The molecule has 0 amide bonds. The van der Waals surface area contributed by atoms with E-state index in [0.717, 1.165) is 10.7 Å². The fourth-order valence-corrected chi connectivity index (χ4v) is 1.11. The lowest BCUT2D eigenvalue weighted by molar-refractivity contribution is -0.686. The maximum absolute atomic E-state index is 9.18. The third-order valence-corrected chi connectivity index (χ3v) is 1.72. The molecule has 1 unspecified atom stereocenters. The van der Waals surface area contributed by atoms with Crippen LogP contribution in [0.25, 0.3) is 0 Å². The monoisotopic (exact) mass is 153 g/mol. The second-order valence-corrected chi connectivity index (χ2v) is 2.48. The van der Waals surface area contributed by atoms with E-state index in [-0.39, 0.29) is 5.88 Å². The largest absolute Gasteiger partial charge is 0.490 e. The molecule has 5 heteroatoms. The lowest BCUT2D eigenvalue weighted by atomic mass is 10.4.